The molecule has 0 aliphatic carbocycles. The summed E-state index contributed by atoms with van der Waals surface area (Å²) in [4.78, 5) is 7.63. The highest BCUT2D eigenvalue weighted by atomic mass is 32.2. The second-order valence-electron chi connectivity index (χ2n) is 3.84. The normalized spacial score (nSPS) is 11.5. The van der Waals surface area contributed by atoms with Crippen LogP contribution in [0.25, 0.3) is 0 Å². The zero-order valence-electron chi connectivity index (χ0n) is 10.5. The van der Waals surface area contributed by atoms with Crippen LogP contribution in [0.2, 0.25) is 0 Å². The molecule has 0 amide bonds. The van der Waals surface area contributed by atoms with E-state index in [9.17, 15) is 8.42 Å². The summed E-state index contributed by atoms with van der Waals surface area (Å²) < 4.78 is 26.7. The zero-order chi connectivity index (χ0) is 13.9. The summed E-state index contributed by atoms with van der Waals surface area (Å²) >= 11 is 0. The van der Waals surface area contributed by atoms with Crippen LogP contribution in [0.3, 0.4) is 0 Å². The Morgan fingerprint density at radius 2 is 2.00 bits per heavy atom. The lowest BCUT2D eigenvalue weighted by molar-refractivity contribution is 0.594. The highest BCUT2D eigenvalue weighted by molar-refractivity contribution is 7.92. The molecule has 102 valence electrons. The summed E-state index contributed by atoms with van der Waals surface area (Å²) in [7, 11) is -2.07. The number of hydrogen-bond acceptors (Lipinski definition) is 6. The van der Waals surface area contributed by atoms with Crippen LogP contribution in [0.4, 0.5) is 5.95 Å². The van der Waals surface area contributed by atoms with E-state index in [1.54, 1.807) is 20.0 Å². The van der Waals surface area contributed by atoms with Gasteiger partial charge in [-0.05, 0) is 20.0 Å². The number of aryl methyl sites for hydroxylation is 1. The number of anilines is 1. The molecule has 8 nitrogen and oxygen atoms in total. The molecule has 0 atom stereocenters. The SMILES string of the molecule is CNCc1c(S(=O)(=O)Nc2ncccn2)n[nH]c1C. The Labute approximate surface area is 110 Å². The Hall–Kier alpha value is -2.00. The number of H-pyrrole nitrogens is 1. The average Bonchev–Trinajstić information content (AvgIpc) is 2.73. The Morgan fingerprint density at radius 3 is 2.63 bits per heavy atom. The summed E-state index contributed by atoms with van der Waals surface area (Å²) in [5.74, 6) is 0.0126. The molecule has 19 heavy (non-hydrogen) atoms. The lowest BCUT2D eigenvalue weighted by atomic mass is 10.3. The topological polar surface area (TPSA) is 113 Å². The molecule has 9 heteroatoms. The quantitative estimate of drug-likeness (QED) is 0.713. The third-order valence-corrected chi connectivity index (χ3v) is 3.73. The minimum Gasteiger partial charge on any atom is -0.316 e. The summed E-state index contributed by atoms with van der Waals surface area (Å²) in [6.45, 7) is 2.16. The Kier molecular flexibility index (Phi) is 3.76. The van der Waals surface area contributed by atoms with Crippen molar-refractivity contribution in [2.45, 2.75) is 18.5 Å². The number of aromatic amines is 1. The molecule has 0 saturated heterocycles. The molecule has 2 rings (SSSR count). The molecular weight excluding hydrogens is 268 g/mol. The molecule has 2 aromatic rings. The van der Waals surface area contributed by atoms with Gasteiger partial charge in [-0.15, -0.1) is 0 Å². The molecule has 0 radical (unpaired) electrons. The van der Waals surface area contributed by atoms with Gasteiger partial charge in [0.05, 0.1) is 0 Å². The maximum Gasteiger partial charge on any atom is 0.283 e. The lowest BCUT2D eigenvalue weighted by Crippen LogP contribution is -2.18. The summed E-state index contributed by atoms with van der Waals surface area (Å²) in [5, 5.41) is 9.35. The Morgan fingerprint density at radius 1 is 1.32 bits per heavy atom. The Bertz CT molecular complexity index is 652. The van der Waals surface area contributed by atoms with E-state index in [0.717, 1.165) is 0 Å². The van der Waals surface area contributed by atoms with Gasteiger partial charge in [0.25, 0.3) is 10.0 Å². The number of aromatic nitrogens is 4. The largest absolute Gasteiger partial charge is 0.316 e. The van der Waals surface area contributed by atoms with E-state index >= 15 is 0 Å². The van der Waals surface area contributed by atoms with Crippen LogP contribution in [0, 0.1) is 6.92 Å². The fourth-order valence-corrected chi connectivity index (χ4v) is 2.72. The van der Waals surface area contributed by atoms with Gasteiger partial charge < -0.3 is 5.32 Å². The standard InChI is InChI=1S/C10H14N6O2S/c1-7-8(6-11-2)9(15-14-7)19(17,18)16-10-12-4-3-5-13-10/h3-5,11H,6H2,1-2H3,(H,14,15)(H,12,13,16). The van der Waals surface area contributed by atoms with E-state index in [0.29, 0.717) is 17.8 Å². The first-order valence-corrected chi connectivity index (χ1v) is 7.01. The second kappa shape index (κ2) is 5.33. The van der Waals surface area contributed by atoms with Crippen LogP contribution in [0.15, 0.2) is 23.5 Å². The zero-order valence-corrected chi connectivity index (χ0v) is 11.3. The van der Waals surface area contributed by atoms with Crippen LogP contribution in [-0.4, -0.2) is 35.6 Å². The van der Waals surface area contributed by atoms with Gasteiger partial charge in [0.1, 0.15) is 0 Å². The average molecular weight is 282 g/mol. The highest BCUT2D eigenvalue weighted by Crippen LogP contribution is 2.17. The maximum absolute atomic E-state index is 12.2. The number of hydrogen-bond donors (Lipinski definition) is 3. The van der Waals surface area contributed by atoms with Gasteiger partial charge in [-0.25, -0.2) is 14.7 Å². The fourth-order valence-electron chi connectivity index (χ4n) is 1.56. The van der Waals surface area contributed by atoms with Crippen LogP contribution < -0.4 is 10.0 Å². The number of sulfonamides is 1. The van der Waals surface area contributed by atoms with Crippen LogP contribution in [0.1, 0.15) is 11.3 Å². The third kappa shape index (κ3) is 2.88. The van der Waals surface area contributed by atoms with E-state index in [1.165, 1.54) is 12.4 Å². The van der Waals surface area contributed by atoms with Gasteiger partial charge in [0, 0.05) is 30.2 Å². The summed E-state index contributed by atoms with van der Waals surface area (Å²) in [5.41, 5.74) is 1.29. The molecule has 2 heterocycles. The van der Waals surface area contributed by atoms with Crippen molar-refractivity contribution in [2.75, 3.05) is 11.8 Å². The van der Waals surface area contributed by atoms with E-state index < -0.39 is 10.0 Å². The van der Waals surface area contributed by atoms with Crippen molar-refractivity contribution in [3.05, 3.63) is 29.7 Å². The van der Waals surface area contributed by atoms with Crippen molar-refractivity contribution < 1.29 is 8.42 Å². The molecule has 0 bridgehead atoms. The number of rotatable bonds is 5. The molecule has 2 aromatic heterocycles. The van der Waals surface area contributed by atoms with Crippen LogP contribution in [-0.2, 0) is 16.6 Å². The Balaban J connectivity index is 2.35. The van der Waals surface area contributed by atoms with Gasteiger partial charge in [-0.1, -0.05) is 0 Å². The van der Waals surface area contributed by atoms with Crippen LogP contribution >= 0.6 is 0 Å². The minimum atomic E-state index is -3.80. The predicted molar refractivity (Wildman–Crippen MR) is 68.9 cm³/mol. The smallest absolute Gasteiger partial charge is 0.283 e. The molecule has 0 aliphatic heterocycles. The molecule has 0 aromatic carbocycles. The van der Waals surface area contributed by atoms with Crippen molar-refractivity contribution in [3.63, 3.8) is 0 Å². The van der Waals surface area contributed by atoms with Crippen molar-refractivity contribution in [2.24, 2.45) is 0 Å². The number of nitrogens with one attached hydrogen (secondary N) is 3. The molecule has 3 N–H and O–H groups in total. The fraction of sp³-hybridized carbons (Fsp3) is 0.300. The highest BCUT2D eigenvalue weighted by Gasteiger charge is 2.24. The summed E-state index contributed by atoms with van der Waals surface area (Å²) in [6, 6.07) is 1.60. The van der Waals surface area contributed by atoms with E-state index in [-0.39, 0.29) is 11.0 Å². The maximum atomic E-state index is 12.2. The summed E-state index contributed by atoms with van der Waals surface area (Å²) in [6.07, 6.45) is 2.91. The monoisotopic (exact) mass is 282 g/mol. The third-order valence-electron chi connectivity index (χ3n) is 2.44. The van der Waals surface area contributed by atoms with Crippen molar-refractivity contribution in [1.82, 2.24) is 25.5 Å². The van der Waals surface area contributed by atoms with Gasteiger partial charge in [0.15, 0.2) is 0 Å². The van der Waals surface area contributed by atoms with E-state index in [2.05, 4.69) is 30.2 Å². The molecule has 0 fully saturated rings. The van der Waals surface area contributed by atoms with Crippen LogP contribution in [0.5, 0.6) is 0 Å². The molecular formula is C10H14N6O2S. The van der Waals surface area contributed by atoms with E-state index in [1.807, 2.05) is 0 Å². The molecule has 0 unspecified atom stereocenters. The molecule has 0 spiro atoms. The van der Waals surface area contributed by atoms with Gasteiger partial charge in [-0.2, -0.15) is 13.5 Å². The first-order valence-electron chi connectivity index (χ1n) is 5.53. The van der Waals surface area contributed by atoms with Crippen molar-refractivity contribution in [1.29, 1.82) is 0 Å². The minimum absolute atomic E-state index is 0.0126. The van der Waals surface area contributed by atoms with Gasteiger partial charge in [0.2, 0.25) is 11.0 Å². The van der Waals surface area contributed by atoms with Gasteiger partial charge in [-0.3, -0.25) is 5.10 Å². The number of nitrogens with zero attached hydrogens (tertiary/aromatic N) is 3. The van der Waals surface area contributed by atoms with E-state index in [4.69, 9.17) is 0 Å². The first kappa shape index (κ1) is 13.4. The second-order valence-corrected chi connectivity index (χ2v) is 5.44. The van der Waals surface area contributed by atoms with Crippen molar-refractivity contribution >= 4 is 16.0 Å². The molecule has 0 saturated carbocycles. The predicted octanol–water partition coefficient (Wildman–Crippen LogP) is 0.0283. The van der Waals surface area contributed by atoms with Crippen molar-refractivity contribution in [3.8, 4) is 0 Å². The first-order chi connectivity index (χ1) is 9.04. The lowest BCUT2D eigenvalue weighted by Gasteiger charge is -2.06. The molecule has 0 aliphatic rings. The van der Waals surface area contributed by atoms with Gasteiger partial charge >= 0.3 is 0 Å².